The SMILES string of the molecule is CC1=NNC(=O)[C@@H]1C(C)C. The van der Waals surface area contributed by atoms with Gasteiger partial charge in [0, 0.05) is 5.71 Å². The van der Waals surface area contributed by atoms with E-state index < -0.39 is 0 Å². The van der Waals surface area contributed by atoms with Gasteiger partial charge in [-0.1, -0.05) is 13.8 Å². The summed E-state index contributed by atoms with van der Waals surface area (Å²) in [4.78, 5) is 11.0. The predicted molar refractivity (Wildman–Crippen MR) is 39.6 cm³/mol. The van der Waals surface area contributed by atoms with Gasteiger partial charge in [-0.25, -0.2) is 5.43 Å². The molecule has 1 N–H and O–H groups in total. The minimum atomic E-state index is -0.000000000000000444. The zero-order valence-corrected chi connectivity index (χ0v) is 6.51. The van der Waals surface area contributed by atoms with Crippen LogP contribution in [0.15, 0.2) is 5.10 Å². The lowest BCUT2D eigenvalue weighted by atomic mass is 9.92. The van der Waals surface area contributed by atoms with Gasteiger partial charge in [0.25, 0.3) is 0 Å². The molecule has 0 aliphatic carbocycles. The van der Waals surface area contributed by atoms with Gasteiger partial charge in [0.15, 0.2) is 0 Å². The molecule has 0 fully saturated rings. The first-order valence-corrected chi connectivity index (χ1v) is 3.47. The molecule has 10 heavy (non-hydrogen) atoms. The first kappa shape index (κ1) is 7.25. The Morgan fingerprint density at radius 2 is 2.20 bits per heavy atom. The van der Waals surface area contributed by atoms with Crippen molar-refractivity contribution in [2.45, 2.75) is 20.8 Å². The maximum Gasteiger partial charge on any atom is 0.249 e. The van der Waals surface area contributed by atoms with Gasteiger partial charge in [0.2, 0.25) is 5.91 Å². The fourth-order valence-corrected chi connectivity index (χ4v) is 1.26. The third-order valence-electron chi connectivity index (χ3n) is 1.74. The molecule has 0 spiro atoms. The molecule has 3 nitrogen and oxygen atoms in total. The van der Waals surface area contributed by atoms with Crippen molar-refractivity contribution in [3.05, 3.63) is 0 Å². The van der Waals surface area contributed by atoms with E-state index in [4.69, 9.17) is 0 Å². The summed E-state index contributed by atoms with van der Waals surface area (Å²) in [6, 6.07) is 0. The summed E-state index contributed by atoms with van der Waals surface area (Å²) < 4.78 is 0. The smallest absolute Gasteiger partial charge is 0.249 e. The van der Waals surface area contributed by atoms with Crippen LogP contribution in [-0.4, -0.2) is 11.6 Å². The standard InChI is InChI=1S/C7H12N2O/c1-4(2)6-5(3)8-9-7(6)10/h4,6H,1-3H3,(H,9,10)/t6-/m1/s1. The van der Waals surface area contributed by atoms with Crippen molar-refractivity contribution in [2.75, 3.05) is 0 Å². The Morgan fingerprint density at radius 3 is 2.40 bits per heavy atom. The van der Waals surface area contributed by atoms with Crippen LogP contribution in [0.2, 0.25) is 0 Å². The average Bonchev–Trinajstić information content (AvgIpc) is 2.11. The molecule has 0 saturated heterocycles. The number of hydrogen-bond acceptors (Lipinski definition) is 2. The second-order valence-corrected chi connectivity index (χ2v) is 2.95. The van der Waals surface area contributed by atoms with Gasteiger partial charge in [0.05, 0.1) is 5.92 Å². The van der Waals surface area contributed by atoms with Crippen LogP contribution in [0.3, 0.4) is 0 Å². The third kappa shape index (κ3) is 1.03. The lowest BCUT2D eigenvalue weighted by molar-refractivity contribution is -0.122. The highest BCUT2D eigenvalue weighted by atomic mass is 16.2. The van der Waals surface area contributed by atoms with Gasteiger partial charge in [-0.15, -0.1) is 0 Å². The van der Waals surface area contributed by atoms with Crippen LogP contribution in [0, 0.1) is 11.8 Å². The highest BCUT2D eigenvalue weighted by molar-refractivity contribution is 6.07. The van der Waals surface area contributed by atoms with E-state index in [0.29, 0.717) is 5.92 Å². The number of nitrogens with one attached hydrogen (secondary N) is 1. The maximum atomic E-state index is 11.0. The van der Waals surface area contributed by atoms with Gasteiger partial charge in [0.1, 0.15) is 0 Å². The Labute approximate surface area is 60.5 Å². The first-order valence-electron chi connectivity index (χ1n) is 3.47. The summed E-state index contributed by atoms with van der Waals surface area (Å²) in [6.45, 7) is 5.92. The lowest BCUT2D eigenvalue weighted by Gasteiger charge is -2.10. The number of hydrogen-bond donors (Lipinski definition) is 1. The van der Waals surface area contributed by atoms with Gasteiger partial charge >= 0.3 is 0 Å². The molecule has 0 saturated carbocycles. The highest BCUT2D eigenvalue weighted by Gasteiger charge is 2.29. The highest BCUT2D eigenvalue weighted by Crippen LogP contribution is 2.16. The molecular weight excluding hydrogens is 128 g/mol. The molecule has 0 aromatic rings. The topological polar surface area (TPSA) is 41.5 Å². The van der Waals surface area contributed by atoms with Crippen molar-refractivity contribution in [3.63, 3.8) is 0 Å². The van der Waals surface area contributed by atoms with Crippen LogP contribution >= 0.6 is 0 Å². The minimum Gasteiger partial charge on any atom is -0.272 e. The Morgan fingerprint density at radius 1 is 1.60 bits per heavy atom. The molecular formula is C7H12N2O. The molecule has 0 unspecified atom stereocenters. The third-order valence-corrected chi connectivity index (χ3v) is 1.74. The van der Waals surface area contributed by atoms with Crippen LogP contribution in [-0.2, 0) is 4.79 Å². The minimum absolute atomic E-state index is 0.000000000000000444. The van der Waals surface area contributed by atoms with Crippen molar-refractivity contribution >= 4 is 11.6 Å². The van der Waals surface area contributed by atoms with Crippen molar-refractivity contribution in [2.24, 2.45) is 16.9 Å². The van der Waals surface area contributed by atoms with Crippen LogP contribution in [0.25, 0.3) is 0 Å². The molecule has 1 aliphatic heterocycles. The molecule has 1 atom stereocenters. The van der Waals surface area contributed by atoms with Gasteiger partial charge < -0.3 is 0 Å². The molecule has 0 radical (unpaired) electrons. The van der Waals surface area contributed by atoms with E-state index in [9.17, 15) is 4.79 Å². The quantitative estimate of drug-likeness (QED) is 0.574. The number of carbonyl (C=O) groups excluding carboxylic acids is 1. The second-order valence-electron chi connectivity index (χ2n) is 2.95. The number of rotatable bonds is 1. The summed E-state index contributed by atoms with van der Waals surface area (Å²) >= 11 is 0. The van der Waals surface area contributed by atoms with E-state index in [0.717, 1.165) is 5.71 Å². The Bertz CT molecular complexity index is 184. The first-order chi connectivity index (χ1) is 4.63. The van der Waals surface area contributed by atoms with E-state index in [1.165, 1.54) is 0 Å². The predicted octanol–water partition coefficient (Wildman–Crippen LogP) is 0.764. The van der Waals surface area contributed by atoms with Crippen molar-refractivity contribution in [1.82, 2.24) is 5.43 Å². The van der Waals surface area contributed by atoms with Crippen LogP contribution in [0.1, 0.15) is 20.8 Å². The van der Waals surface area contributed by atoms with E-state index in [1.54, 1.807) is 0 Å². The fourth-order valence-electron chi connectivity index (χ4n) is 1.26. The summed E-state index contributed by atoms with van der Waals surface area (Å²) in [5, 5.41) is 3.84. The number of nitrogens with zero attached hydrogens (tertiary/aromatic N) is 1. The van der Waals surface area contributed by atoms with Crippen molar-refractivity contribution in [3.8, 4) is 0 Å². The second kappa shape index (κ2) is 2.40. The monoisotopic (exact) mass is 140 g/mol. The molecule has 3 heteroatoms. The zero-order valence-electron chi connectivity index (χ0n) is 6.51. The molecule has 0 aromatic carbocycles. The van der Waals surface area contributed by atoms with Crippen LogP contribution in [0.4, 0.5) is 0 Å². The van der Waals surface area contributed by atoms with E-state index >= 15 is 0 Å². The van der Waals surface area contributed by atoms with Gasteiger partial charge in [-0.05, 0) is 12.8 Å². The normalized spacial score (nSPS) is 25.0. The number of amides is 1. The number of hydrazone groups is 1. The van der Waals surface area contributed by atoms with Gasteiger partial charge in [-0.2, -0.15) is 5.10 Å². The molecule has 1 heterocycles. The zero-order chi connectivity index (χ0) is 7.72. The van der Waals surface area contributed by atoms with E-state index in [2.05, 4.69) is 10.5 Å². The summed E-state index contributed by atoms with van der Waals surface area (Å²) in [6.07, 6.45) is 0. The average molecular weight is 140 g/mol. The van der Waals surface area contributed by atoms with Crippen molar-refractivity contribution in [1.29, 1.82) is 0 Å². The lowest BCUT2D eigenvalue weighted by Crippen LogP contribution is -2.26. The Hall–Kier alpha value is -0.860. The molecule has 0 bridgehead atoms. The maximum absolute atomic E-state index is 11.0. The summed E-state index contributed by atoms with van der Waals surface area (Å²) in [5.41, 5.74) is 3.35. The fraction of sp³-hybridized carbons (Fsp3) is 0.714. The molecule has 0 aromatic heterocycles. The molecule has 1 amide bonds. The summed E-state index contributed by atoms with van der Waals surface area (Å²) in [7, 11) is 0. The van der Waals surface area contributed by atoms with E-state index in [1.807, 2.05) is 20.8 Å². The van der Waals surface area contributed by atoms with Gasteiger partial charge in [-0.3, -0.25) is 4.79 Å². The number of carbonyl (C=O) groups is 1. The molecule has 1 rings (SSSR count). The Kier molecular flexibility index (Phi) is 1.74. The van der Waals surface area contributed by atoms with Crippen LogP contribution < -0.4 is 5.43 Å². The summed E-state index contributed by atoms with van der Waals surface area (Å²) in [5.74, 6) is 0.388. The Balaban J connectivity index is 2.74. The molecule has 56 valence electrons. The van der Waals surface area contributed by atoms with Crippen molar-refractivity contribution < 1.29 is 4.79 Å². The van der Waals surface area contributed by atoms with E-state index in [-0.39, 0.29) is 11.8 Å². The van der Waals surface area contributed by atoms with Crippen LogP contribution in [0.5, 0.6) is 0 Å². The molecule has 1 aliphatic rings. The largest absolute Gasteiger partial charge is 0.272 e.